The van der Waals surface area contributed by atoms with Crippen molar-refractivity contribution in [3.8, 4) is 5.75 Å². The highest BCUT2D eigenvalue weighted by atomic mass is 16.5. The van der Waals surface area contributed by atoms with Gasteiger partial charge in [-0.25, -0.2) is 0 Å². The first-order valence-electron chi connectivity index (χ1n) is 8.09. The Kier molecular flexibility index (Phi) is 5.28. The Labute approximate surface area is 133 Å². The SMILES string of the molecule is CCC(C)(C)[C@H]1CCC(=O)/C(=C/Nc2cccc(OC)c2)C1. The number of hydrogen-bond donors (Lipinski definition) is 1. The van der Waals surface area contributed by atoms with E-state index in [4.69, 9.17) is 4.74 Å². The highest BCUT2D eigenvalue weighted by Gasteiger charge is 2.33. The van der Waals surface area contributed by atoms with E-state index < -0.39 is 0 Å². The minimum absolute atomic E-state index is 0.276. The summed E-state index contributed by atoms with van der Waals surface area (Å²) >= 11 is 0. The lowest BCUT2D eigenvalue weighted by Crippen LogP contribution is -2.29. The van der Waals surface area contributed by atoms with Crippen LogP contribution >= 0.6 is 0 Å². The largest absolute Gasteiger partial charge is 0.497 e. The third-order valence-corrected chi connectivity index (χ3v) is 5.04. The molecule has 1 atom stereocenters. The molecule has 1 aromatic rings. The van der Waals surface area contributed by atoms with Gasteiger partial charge in [0.05, 0.1) is 7.11 Å². The predicted octanol–water partition coefficient (Wildman–Crippen LogP) is 4.80. The van der Waals surface area contributed by atoms with Crippen LogP contribution in [0.5, 0.6) is 5.75 Å². The molecule has 1 aliphatic rings. The molecule has 120 valence electrons. The van der Waals surface area contributed by atoms with Crippen LogP contribution in [-0.4, -0.2) is 12.9 Å². The van der Waals surface area contributed by atoms with E-state index in [0.29, 0.717) is 12.3 Å². The highest BCUT2D eigenvalue weighted by molar-refractivity contribution is 5.96. The third-order valence-electron chi connectivity index (χ3n) is 5.04. The number of ketones is 1. The van der Waals surface area contributed by atoms with Crippen molar-refractivity contribution in [2.45, 2.75) is 46.5 Å². The van der Waals surface area contributed by atoms with Gasteiger partial charge in [0.2, 0.25) is 0 Å². The van der Waals surface area contributed by atoms with E-state index >= 15 is 0 Å². The molecule has 1 saturated carbocycles. The molecule has 1 aromatic carbocycles. The second-order valence-corrected chi connectivity index (χ2v) is 6.75. The molecule has 0 saturated heterocycles. The molecule has 0 radical (unpaired) electrons. The van der Waals surface area contributed by atoms with Gasteiger partial charge in [0.25, 0.3) is 0 Å². The number of Topliss-reactive ketones (excluding diaryl/α,β-unsaturated/α-hetero) is 1. The molecule has 0 bridgehead atoms. The smallest absolute Gasteiger partial charge is 0.160 e. The quantitative estimate of drug-likeness (QED) is 0.794. The Morgan fingerprint density at radius 3 is 2.86 bits per heavy atom. The van der Waals surface area contributed by atoms with E-state index in [-0.39, 0.29) is 11.2 Å². The first kappa shape index (κ1) is 16.6. The Morgan fingerprint density at radius 1 is 1.41 bits per heavy atom. The number of carbonyl (C=O) groups excluding carboxylic acids is 1. The number of hydrogen-bond acceptors (Lipinski definition) is 3. The van der Waals surface area contributed by atoms with Crippen molar-refractivity contribution >= 4 is 11.5 Å². The summed E-state index contributed by atoms with van der Waals surface area (Å²) in [4.78, 5) is 12.2. The normalized spacial score (nSPS) is 21.0. The van der Waals surface area contributed by atoms with Gasteiger partial charge in [0, 0.05) is 29.9 Å². The molecule has 1 fully saturated rings. The lowest BCUT2D eigenvalue weighted by Gasteiger charge is -2.36. The Hall–Kier alpha value is -1.77. The molecule has 0 aromatic heterocycles. The molecule has 0 heterocycles. The van der Waals surface area contributed by atoms with Gasteiger partial charge < -0.3 is 10.1 Å². The van der Waals surface area contributed by atoms with Crippen molar-refractivity contribution in [1.82, 2.24) is 0 Å². The summed E-state index contributed by atoms with van der Waals surface area (Å²) < 4.78 is 5.22. The monoisotopic (exact) mass is 301 g/mol. The fourth-order valence-corrected chi connectivity index (χ4v) is 2.93. The van der Waals surface area contributed by atoms with Crippen LogP contribution in [0, 0.1) is 11.3 Å². The first-order valence-corrected chi connectivity index (χ1v) is 8.09. The zero-order valence-corrected chi connectivity index (χ0v) is 14.1. The Balaban J connectivity index is 2.10. The van der Waals surface area contributed by atoms with Crippen LogP contribution in [0.15, 0.2) is 36.0 Å². The topological polar surface area (TPSA) is 38.3 Å². The van der Waals surface area contributed by atoms with Crippen LogP contribution in [0.2, 0.25) is 0 Å². The summed E-state index contributed by atoms with van der Waals surface area (Å²) in [5, 5.41) is 3.25. The number of anilines is 1. The average Bonchev–Trinajstić information content (AvgIpc) is 2.54. The third kappa shape index (κ3) is 3.90. The molecule has 22 heavy (non-hydrogen) atoms. The highest BCUT2D eigenvalue weighted by Crippen LogP contribution is 2.41. The second kappa shape index (κ2) is 6.99. The molecule has 1 N–H and O–H groups in total. The van der Waals surface area contributed by atoms with Crippen LogP contribution in [0.3, 0.4) is 0 Å². The number of methoxy groups -OCH3 is 1. The van der Waals surface area contributed by atoms with Gasteiger partial charge in [-0.15, -0.1) is 0 Å². The van der Waals surface area contributed by atoms with Crippen LogP contribution in [-0.2, 0) is 4.79 Å². The van der Waals surface area contributed by atoms with Crippen molar-refractivity contribution in [1.29, 1.82) is 0 Å². The maximum Gasteiger partial charge on any atom is 0.160 e. The molecular weight excluding hydrogens is 274 g/mol. The second-order valence-electron chi connectivity index (χ2n) is 6.75. The van der Waals surface area contributed by atoms with Gasteiger partial charge in [-0.05, 0) is 36.3 Å². The fraction of sp³-hybridized carbons (Fsp3) is 0.526. The molecular formula is C19H27NO2. The van der Waals surface area contributed by atoms with E-state index in [2.05, 4.69) is 26.1 Å². The number of allylic oxidation sites excluding steroid dienone is 1. The molecule has 2 rings (SSSR count). The fourth-order valence-electron chi connectivity index (χ4n) is 2.93. The molecule has 1 aliphatic carbocycles. The standard InChI is InChI=1S/C19H27NO2/c1-5-19(2,3)15-9-10-18(21)14(11-15)13-20-16-7-6-8-17(12-16)22-4/h6-8,12-13,15,20H,5,9-11H2,1-4H3/b14-13+/t15-/m0/s1. The lowest BCUT2D eigenvalue weighted by molar-refractivity contribution is -0.117. The van der Waals surface area contributed by atoms with Gasteiger partial charge >= 0.3 is 0 Å². The summed E-state index contributed by atoms with van der Waals surface area (Å²) in [7, 11) is 1.65. The maximum atomic E-state index is 12.2. The maximum absolute atomic E-state index is 12.2. The van der Waals surface area contributed by atoms with Gasteiger partial charge in [-0.3, -0.25) is 4.79 Å². The van der Waals surface area contributed by atoms with Gasteiger partial charge in [-0.1, -0.05) is 33.3 Å². The van der Waals surface area contributed by atoms with E-state index in [1.807, 2.05) is 30.5 Å². The van der Waals surface area contributed by atoms with Crippen molar-refractivity contribution in [2.24, 2.45) is 11.3 Å². The minimum Gasteiger partial charge on any atom is -0.497 e. The minimum atomic E-state index is 0.276. The van der Waals surface area contributed by atoms with E-state index in [9.17, 15) is 4.79 Å². The van der Waals surface area contributed by atoms with Crippen molar-refractivity contribution in [3.63, 3.8) is 0 Å². The molecule has 0 unspecified atom stereocenters. The molecule has 3 heteroatoms. The van der Waals surface area contributed by atoms with Gasteiger partial charge in [0.1, 0.15) is 5.75 Å². The molecule has 0 aliphatic heterocycles. The zero-order chi connectivity index (χ0) is 16.2. The summed E-state index contributed by atoms with van der Waals surface area (Å²) in [5.74, 6) is 1.66. The summed E-state index contributed by atoms with van der Waals surface area (Å²) in [6.45, 7) is 6.84. The van der Waals surface area contributed by atoms with Crippen molar-refractivity contribution < 1.29 is 9.53 Å². The first-order chi connectivity index (χ1) is 10.5. The van der Waals surface area contributed by atoms with E-state index in [1.54, 1.807) is 7.11 Å². The number of ether oxygens (including phenoxy) is 1. The predicted molar refractivity (Wildman–Crippen MR) is 91.1 cm³/mol. The van der Waals surface area contributed by atoms with Crippen LogP contribution in [0.1, 0.15) is 46.5 Å². The van der Waals surface area contributed by atoms with E-state index in [0.717, 1.165) is 36.3 Å². The zero-order valence-electron chi connectivity index (χ0n) is 14.1. The Morgan fingerprint density at radius 2 is 2.18 bits per heavy atom. The van der Waals surface area contributed by atoms with E-state index in [1.165, 1.54) is 0 Å². The summed E-state index contributed by atoms with van der Waals surface area (Å²) in [6.07, 6.45) is 5.57. The average molecular weight is 301 g/mol. The van der Waals surface area contributed by atoms with Crippen molar-refractivity contribution in [2.75, 3.05) is 12.4 Å². The number of rotatable bonds is 5. The molecule has 3 nitrogen and oxygen atoms in total. The van der Waals surface area contributed by atoms with Crippen LogP contribution in [0.4, 0.5) is 5.69 Å². The van der Waals surface area contributed by atoms with Crippen LogP contribution < -0.4 is 10.1 Å². The lowest BCUT2D eigenvalue weighted by atomic mass is 9.68. The van der Waals surface area contributed by atoms with Crippen LogP contribution in [0.25, 0.3) is 0 Å². The Bertz CT molecular complexity index is 560. The number of carbonyl (C=O) groups is 1. The molecule has 0 amide bonds. The number of benzene rings is 1. The van der Waals surface area contributed by atoms with Gasteiger partial charge in [-0.2, -0.15) is 0 Å². The van der Waals surface area contributed by atoms with Crippen molar-refractivity contribution in [3.05, 3.63) is 36.0 Å². The summed E-state index contributed by atoms with van der Waals surface area (Å²) in [5.41, 5.74) is 2.15. The summed E-state index contributed by atoms with van der Waals surface area (Å²) in [6, 6.07) is 7.74. The van der Waals surface area contributed by atoms with Gasteiger partial charge in [0.15, 0.2) is 5.78 Å². The number of nitrogens with one attached hydrogen (secondary N) is 1. The molecule has 0 spiro atoms.